The maximum absolute atomic E-state index is 12.3. The van der Waals surface area contributed by atoms with Crippen LogP contribution < -0.4 is 11.3 Å². The van der Waals surface area contributed by atoms with Crippen molar-refractivity contribution in [3.63, 3.8) is 0 Å². The highest BCUT2D eigenvalue weighted by atomic mass is 32.1. The molecule has 8 heteroatoms. The van der Waals surface area contributed by atoms with Gasteiger partial charge in [-0.15, -0.1) is 11.3 Å². The second-order valence-corrected chi connectivity index (χ2v) is 4.01. The molecule has 0 aromatic carbocycles. The SMILES string of the molecule is CCOCC(NN)c1cnc(C(F)(F)F)s1. The third-order valence-electron chi connectivity index (χ3n) is 1.80. The van der Waals surface area contributed by atoms with Crippen molar-refractivity contribution in [1.29, 1.82) is 0 Å². The Labute approximate surface area is 94.6 Å². The standard InChI is InChI=1S/C8H12F3N3OS/c1-2-15-4-5(14-12)6-3-13-7(16-6)8(9,10)11/h3,5,14H,2,4,12H2,1H3. The van der Waals surface area contributed by atoms with Crippen molar-refractivity contribution in [1.82, 2.24) is 10.4 Å². The Balaban J connectivity index is 2.75. The smallest absolute Gasteiger partial charge is 0.380 e. The summed E-state index contributed by atoms with van der Waals surface area (Å²) in [4.78, 5) is 3.71. The molecule has 1 rings (SSSR count). The molecule has 0 amide bonds. The summed E-state index contributed by atoms with van der Waals surface area (Å²) in [5.41, 5.74) is 2.40. The van der Waals surface area contributed by atoms with Crippen LogP contribution >= 0.6 is 11.3 Å². The fourth-order valence-corrected chi connectivity index (χ4v) is 1.85. The number of nitrogens with two attached hydrogens (primary N) is 1. The Bertz CT molecular complexity index is 329. The molecule has 0 saturated carbocycles. The number of aromatic nitrogens is 1. The van der Waals surface area contributed by atoms with Gasteiger partial charge in [-0.05, 0) is 6.92 Å². The van der Waals surface area contributed by atoms with Crippen LogP contribution in [0.2, 0.25) is 0 Å². The molecule has 92 valence electrons. The quantitative estimate of drug-likeness (QED) is 0.621. The second kappa shape index (κ2) is 5.58. The predicted octanol–water partition coefficient (Wildman–Crippen LogP) is 1.70. The molecule has 0 fully saturated rings. The molecule has 0 spiro atoms. The van der Waals surface area contributed by atoms with E-state index < -0.39 is 17.2 Å². The molecule has 0 aliphatic heterocycles. The summed E-state index contributed by atoms with van der Waals surface area (Å²) in [6.07, 6.45) is -3.25. The number of nitrogens with zero attached hydrogens (tertiary/aromatic N) is 1. The van der Waals surface area contributed by atoms with E-state index in [0.29, 0.717) is 22.8 Å². The van der Waals surface area contributed by atoms with E-state index in [-0.39, 0.29) is 6.61 Å². The molecule has 4 nitrogen and oxygen atoms in total. The van der Waals surface area contributed by atoms with Gasteiger partial charge in [-0.25, -0.2) is 10.4 Å². The van der Waals surface area contributed by atoms with E-state index in [1.54, 1.807) is 6.92 Å². The number of thiazole rings is 1. The summed E-state index contributed by atoms with van der Waals surface area (Å²) in [5.74, 6) is 5.23. The first-order valence-electron chi connectivity index (χ1n) is 4.55. The largest absolute Gasteiger partial charge is 0.443 e. The van der Waals surface area contributed by atoms with Gasteiger partial charge in [-0.2, -0.15) is 13.2 Å². The van der Waals surface area contributed by atoms with E-state index in [4.69, 9.17) is 10.6 Å². The van der Waals surface area contributed by atoms with Crippen molar-refractivity contribution >= 4 is 11.3 Å². The first-order chi connectivity index (χ1) is 7.49. The lowest BCUT2D eigenvalue weighted by Gasteiger charge is -2.12. The van der Waals surface area contributed by atoms with Gasteiger partial charge < -0.3 is 4.74 Å². The Morgan fingerprint density at radius 3 is 2.75 bits per heavy atom. The third-order valence-corrected chi connectivity index (χ3v) is 2.96. The Kier molecular flexibility index (Phi) is 4.66. The average Bonchev–Trinajstić information content (AvgIpc) is 2.68. The van der Waals surface area contributed by atoms with Gasteiger partial charge in [0, 0.05) is 17.7 Å². The maximum Gasteiger partial charge on any atom is 0.443 e. The van der Waals surface area contributed by atoms with Crippen LogP contribution in [0, 0.1) is 0 Å². The first-order valence-corrected chi connectivity index (χ1v) is 5.37. The molecule has 1 atom stereocenters. The topological polar surface area (TPSA) is 60.2 Å². The van der Waals surface area contributed by atoms with E-state index >= 15 is 0 Å². The zero-order valence-corrected chi connectivity index (χ0v) is 9.36. The lowest BCUT2D eigenvalue weighted by atomic mass is 10.3. The summed E-state index contributed by atoms with van der Waals surface area (Å²) in [6, 6.07) is -0.464. The highest BCUT2D eigenvalue weighted by Gasteiger charge is 2.35. The first kappa shape index (κ1) is 13.4. The number of rotatable bonds is 5. The lowest BCUT2D eigenvalue weighted by Crippen LogP contribution is -2.30. The summed E-state index contributed by atoms with van der Waals surface area (Å²) < 4.78 is 41.9. The van der Waals surface area contributed by atoms with E-state index in [9.17, 15) is 13.2 Å². The molecule has 1 unspecified atom stereocenters. The molecule has 1 aromatic rings. The number of hydrazine groups is 1. The van der Waals surface area contributed by atoms with Gasteiger partial charge in [0.2, 0.25) is 0 Å². The Morgan fingerprint density at radius 2 is 2.31 bits per heavy atom. The van der Waals surface area contributed by atoms with Gasteiger partial charge in [0.25, 0.3) is 0 Å². The van der Waals surface area contributed by atoms with Crippen molar-refractivity contribution in [3.05, 3.63) is 16.1 Å². The van der Waals surface area contributed by atoms with Crippen molar-refractivity contribution in [2.24, 2.45) is 5.84 Å². The number of ether oxygens (including phenoxy) is 1. The van der Waals surface area contributed by atoms with Crippen LogP contribution in [-0.2, 0) is 10.9 Å². The van der Waals surface area contributed by atoms with Gasteiger partial charge >= 0.3 is 6.18 Å². The zero-order valence-electron chi connectivity index (χ0n) is 8.54. The number of nitrogens with one attached hydrogen (secondary N) is 1. The van der Waals surface area contributed by atoms with Crippen LogP contribution in [0.15, 0.2) is 6.20 Å². The Hall–Kier alpha value is -0.700. The number of hydrogen-bond acceptors (Lipinski definition) is 5. The van der Waals surface area contributed by atoms with E-state index in [2.05, 4.69) is 10.4 Å². The second-order valence-electron chi connectivity index (χ2n) is 2.94. The molecule has 1 aromatic heterocycles. The highest BCUT2D eigenvalue weighted by molar-refractivity contribution is 7.11. The molecule has 3 N–H and O–H groups in total. The number of hydrogen-bond donors (Lipinski definition) is 2. The summed E-state index contributed by atoms with van der Waals surface area (Å²) in [6.45, 7) is 2.48. The highest BCUT2D eigenvalue weighted by Crippen LogP contribution is 2.34. The van der Waals surface area contributed by atoms with Crippen molar-refractivity contribution in [3.8, 4) is 0 Å². The average molecular weight is 255 g/mol. The van der Waals surface area contributed by atoms with Gasteiger partial charge in [0.15, 0.2) is 5.01 Å². The van der Waals surface area contributed by atoms with Crippen molar-refractivity contribution in [2.75, 3.05) is 13.2 Å². The Morgan fingerprint density at radius 1 is 1.62 bits per heavy atom. The molecular formula is C8H12F3N3OS. The van der Waals surface area contributed by atoms with Gasteiger partial charge in [-0.1, -0.05) is 0 Å². The molecule has 0 radical (unpaired) electrons. The van der Waals surface area contributed by atoms with Crippen LogP contribution in [0.3, 0.4) is 0 Å². The van der Waals surface area contributed by atoms with Gasteiger partial charge in [-0.3, -0.25) is 5.84 Å². The van der Waals surface area contributed by atoms with E-state index in [1.165, 1.54) is 0 Å². The molecule has 0 saturated heterocycles. The number of alkyl halides is 3. The summed E-state index contributed by atoms with van der Waals surface area (Å²) in [7, 11) is 0. The van der Waals surface area contributed by atoms with Crippen LogP contribution in [-0.4, -0.2) is 18.2 Å². The van der Waals surface area contributed by atoms with E-state index in [0.717, 1.165) is 6.20 Å². The fraction of sp³-hybridized carbons (Fsp3) is 0.625. The normalized spacial score (nSPS) is 14.1. The summed E-state index contributed by atoms with van der Waals surface area (Å²) in [5, 5.41) is -0.876. The summed E-state index contributed by atoms with van der Waals surface area (Å²) >= 11 is 0.564. The molecule has 16 heavy (non-hydrogen) atoms. The van der Waals surface area contributed by atoms with Crippen LogP contribution in [0.1, 0.15) is 22.9 Å². The molecule has 1 heterocycles. The van der Waals surface area contributed by atoms with Crippen molar-refractivity contribution < 1.29 is 17.9 Å². The molecule has 0 aliphatic rings. The van der Waals surface area contributed by atoms with Crippen LogP contribution in [0.25, 0.3) is 0 Å². The molecular weight excluding hydrogens is 243 g/mol. The fourth-order valence-electron chi connectivity index (χ4n) is 1.03. The van der Waals surface area contributed by atoms with Gasteiger partial charge in [0.05, 0.1) is 12.6 Å². The van der Waals surface area contributed by atoms with Crippen LogP contribution in [0.5, 0.6) is 0 Å². The van der Waals surface area contributed by atoms with Gasteiger partial charge in [0.1, 0.15) is 0 Å². The molecule has 0 aliphatic carbocycles. The minimum Gasteiger partial charge on any atom is -0.380 e. The minimum absolute atomic E-state index is 0.215. The van der Waals surface area contributed by atoms with E-state index in [1.807, 2.05) is 0 Å². The molecule has 0 bridgehead atoms. The zero-order chi connectivity index (χ0) is 12.2. The maximum atomic E-state index is 12.3. The van der Waals surface area contributed by atoms with Crippen LogP contribution in [0.4, 0.5) is 13.2 Å². The minimum atomic E-state index is -4.41. The third kappa shape index (κ3) is 3.41. The van der Waals surface area contributed by atoms with Crippen molar-refractivity contribution in [2.45, 2.75) is 19.1 Å². The number of halogens is 3. The monoisotopic (exact) mass is 255 g/mol. The predicted molar refractivity (Wildman–Crippen MR) is 53.7 cm³/mol. The lowest BCUT2D eigenvalue weighted by molar-refractivity contribution is -0.137.